The van der Waals surface area contributed by atoms with Crippen molar-refractivity contribution >= 4 is 17.2 Å². The smallest absolute Gasteiger partial charge is 0.252 e. The molecular weight excluding hydrogens is 246 g/mol. The van der Waals surface area contributed by atoms with Gasteiger partial charge in [-0.25, -0.2) is 0 Å². The van der Waals surface area contributed by atoms with Gasteiger partial charge in [0.1, 0.15) is 0 Å². The highest BCUT2D eigenvalue weighted by Crippen LogP contribution is 2.32. The molecule has 0 saturated carbocycles. The van der Waals surface area contributed by atoms with Crippen LogP contribution in [0.4, 0.5) is 0 Å². The Morgan fingerprint density at radius 3 is 3.11 bits per heavy atom. The standard InChI is InChI=1S/C14H21NO2S/c1-3-10(7-16)15-14(17)12-8-18-13-6-9(2)4-5-11(12)13/h8-10,16H,3-7H2,1-2H3,(H,15,17). The first-order valence-corrected chi connectivity index (χ1v) is 7.54. The van der Waals surface area contributed by atoms with Gasteiger partial charge in [-0.1, -0.05) is 13.8 Å². The van der Waals surface area contributed by atoms with Gasteiger partial charge in [0.2, 0.25) is 0 Å². The lowest BCUT2D eigenvalue weighted by Crippen LogP contribution is -2.37. The predicted octanol–water partition coefficient (Wildman–Crippen LogP) is 2.37. The van der Waals surface area contributed by atoms with Gasteiger partial charge in [-0.05, 0) is 37.2 Å². The summed E-state index contributed by atoms with van der Waals surface area (Å²) in [7, 11) is 0. The Balaban J connectivity index is 2.12. The first-order chi connectivity index (χ1) is 8.65. The molecule has 1 amide bonds. The highest BCUT2D eigenvalue weighted by Gasteiger charge is 2.23. The van der Waals surface area contributed by atoms with Gasteiger partial charge >= 0.3 is 0 Å². The average molecular weight is 267 g/mol. The summed E-state index contributed by atoms with van der Waals surface area (Å²) in [6.07, 6.45) is 4.04. The molecule has 18 heavy (non-hydrogen) atoms. The van der Waals surface area contributed by atoms with Crippen molar-refractivity contribution in [3.05, 3.63) is 21.4 Å². The molecule has 1 aromatic heterocycles. The van der Waals surface area contributed by atoms with E-state index in [-0.39, 0.29) is 18.6 Å². The zero-order valence-electron chi connectivity index (χ0n) is 11.0. The van der Waals surface area contributed by atoms with Crippen molar-refractivity contribution in [3.8, 4) is 0 Å². The van der Waals surface area contributed by atoms with Gasteiger partial charge in [-0.15, -0.1) is 11.3 Å². The maximum Gasteiger partial charge on any atom is 0.252 e. The number of amides is 1. The molecule has 0 saturated heterocycles. The molecule has 2 unspecified atom stereocenters. The molecule has 1 heterocycles. The number of hydrogen-bond donors (Lipinski definition) is 2. The van der Waals surface area contributed by atoms with E-state index < -0.39 is 0 Å². The fourth-order valence-electron chi connectivity index (χ4n) is 2.41. The van der Waals surface area contributed by atoms with Crippen LogP contribution in [0.15, 0.2) is 5.38 Å². The third kappa shape index (κ3) is 2.75. The largest absolute Gasteiger partial charge is 0.394 e. The lowest BCUT2D eigenvalue weighted by atomic mass is 9.88. The first-order valence-electron chi connectivity index (χ1n) is 6.66. The van der Waals surface area contributed by atoms with Gasteiger partial charge < -0.3 is 10.4 Å². The van der Waals surface area contributed by atoms with Gasteiger partial charge in [0.05, 0.1) is 18.2 Å². The van der Waals surface area contributed by atoms with E-state index in [4.69, 9.17) is 5.11 Å². The molecule has 1 aliphatic rings. The van der Waals surface area contributed by atoms with Gasteiger partial charge in [-0.2, -0.15) is 0 Å². The summed E-state index contributed by atoms with van der Waals surface area (Å²) in [5, 5.41) is 14.0. The van der Waals surface area contributed by atoms with Crippen LogP contribution in [0.1, 0.15) is 47.5 Å². The highest BCUT2D eigenvalue weighted by molar-refractivity contribution is 7.10. The van der Waals surface area contributed by atoms with Crippen molar-refractivity contribution in [2.24, 2.45) is 5.92 Å². The fourth-order valence-corrected chi connectivity index (χ4v) is 3.65. The van der Waals surface area contributed by atoms with E-state index in [0.717, 1.165) is 30.7 Å². The first kappa shape index (κ1) is 13.6. The molecule has 1 aromatic rings. The van der Waals surface area contributed by atoms with Gasteiger partial charge in [0.25, 0.3) is 5.91 Å². The number of carbonyl (C=O) groups is 1. The molecule has 2 rings (SSSR count). The SMILES string of the molecule is CCC(CO)NC(=O)c1csc2c1CCC(C)C2. The number of fused-ring (bicyclic) bond motifs is 1. The normalized spacial score (nSPS) is 20.3. The van der Waals surface area contributed by atoms with E-state index in [9.17, 15) is 4.79 Å². The highest BCUT2D eigenvalue weighted by atomic mass is 32.1. The Morgan fingerprint density at radius 2 is 2.44 bits per heavy atom. The minimum Gasteiger partial charge on any atom is -0.394 e. The zero-order chi connectivity index (χ0) is 13.1. The van der Waals surface area contributed by atoms with Crippen LogP contribution in [0.5, 0.6) is 0 Å². The lowest BCUT2D eigenvalue weighted by Gasteiger charge is -2.19. The summed E-state index contributed by atoms with van der Waals surface area (Å²) in [6, 6.07) is -0.129. The molecule has 0 aromatic carbocycles. The van der Waals surface area contributed by atoms with Crippen molar-refractivity contribution < 1.29 is 9.90 Å². The Bertz CT molecular complexity index is 423. The van der Waals surface area contributed by atoms with Gasteiger partial charge in [-0.3, -0.25) is 4.79 Å². The van der Waals surface area contributed by atoms with Crippen LogP contribution in [-0.4, -0.2) is 23.7 Å². The van der Waals surface area contributed by atoms with E-state index in [0.29, 0.717) is 0 Å². The molecule has 100 valence electrons. The summed E-state index contributed by atoms with van der Waals surface area (Å²) in [6.45, 7) is 4.23. The van der Waals surface area contributed by atoms with E-state index >= 15 is 0 Å². The molecular formula is C14H21NO2S. The molecule has 0 fully saturated rings. The number of aliphatic hydroxyl groups is 1. The van der Waals surface area contributed by atoms with Crippen molar-refractivity contribution in [3.63, 3.8) is 0 Å². The number of aliphatic hydroxyl groups excluding tert-OH is 1. The monoisotopic (exact) mass is 267 g/mol. The summed E-state index contributed by atoms with van der Waals surface area (Å²) in [4.78, 5) is 13.5. The quantitative estimate of drug-likeness (QED) is 0.880. The minimum absolute atomic E-state index is 0.00556. The van der Waals surface area contributed by atoms with Crippen molar-refractivity contribution in [2.75, 3.05) is 6.61 Å². The third-order valence-electron chi connectivity index (χ3n) is 3.69. The predicted molar refractivity (Wildman–Crippen MR) is 74.1 cm³/mol. The second kappa shape index (κ2) is 5.85. The third-order valence-corrected chi connectivity index (χ3v) is 4.75. The van der Waals surface area contributed by atoms with Gasteiger partial charge in [0, 0.05) is 10.3 Å². The number of nitrogens with one attached hydrogen (secondary N) is 1. The average Bonchev–Trinajstić information content (AvgIpc) is 2.78. The van der Waals surface area contributed by atoms with E-state index in [1.807, 2.05) is 12.3 Å². The van der Waals surface area contributed by atoms with E-state index in [1.165, 1.54) is 16.9 Å². The molecule has 3 nitrogen and oxygen atoms in total. The molecule has 0 aliphatic heterocycles. The Hall–Kier alpha value is -0.870. The summed E-state index contributed by atoms with van der Waals surface area (Å²) in [5.41, 5.74) is 2.07. The number of hydrogen-bond acceptors (Lipinski definition) is 3. The topological polar surface area (TPSA) is 49.3 Å². The molecule has 2 atom stereocenters. The van der Waals surface area contributed by atoms with Crippen LogP contribution in [0.2, 0.25) is 0 Å². The van der Waals surface area contributed by atoms with Crippen LogP contribution < -0.4 is 5.32 Å². The fraction of sp³-hybridized carbons (Fsp3) is 0.643. The molecule has 0 spiro atoms. The number of rotatable bonds is 4. The summed E-state index contributed by atoms with van der Waals surface area (Å²) < 4.78 is 0. The van der Waals surface area contributed by atoms with Crippen LogP contribution in [0.25, 0.3) is 0 Å². The van der Waals surface area contributed by atoms with Gasteiger partial charge in [0.15, 0.2) is 0 Å². The molecule has 1 aliphatic carbocycles. The summed E-state index contributed by atoms with van der Waals surface area (Å²) >= 11 is 1.70. The Labute approximate surface area is 112 Å². The van der Waals surface area contributed by atoms with E-state index in [1.54, 1.807) is 11.3 Å². The second-order valence-electron chi connectivity index (χ2n) is 5.16. The molecule has 0 radical (unpaired) electrons. The Morgan fingerprint density at radius 1 is 1.67 bits per heavy atom. The number of thiophene rings is 1. The lowest BCUT2D eigenvalue weighted by molar-refractivity contribution is 0.0914. The molecule has 0 bridgehead atoms. The van der Waals surface area contributed by atoms with Crippen LogP contribution in [0, 0.1) is 5.92 Å². The van der Waals surface area contributed by atoms with Crippen LogP contribution in [-0.2, 0) is 12.8 Å². The number of carbonyl (C=O) groups excluding carboxylic acids is 1. The maximum absolute atomic E-state index is 12.2. The van der Waals surface area contributed by atoms with Crippen molar-refractivity contribution in [2.45, 2.75) is 45.6 Å². The Kier molecular flexibility index (Phi) is 4.40. The van der Waals surface area contributed by atoms with Crippen LogP contribution >= 0.6 is 11.3 Å². The van der Waals surface area contributed by atoms with Crippen molar-refractivity contribution in [1.82, 2.24) is 5.32 Å². The zero-order valence-corrected chi connectivity index (χ0v) is 11.8. The maximum atomic E-state index is 12.2. The second-order valence-corrected chi connectivity index (χ2v) is 6.12. The molecule has 2 N–H and O–H groups in total. The summed E-state index contributed by atoms with van der Waals surface area (Å²) in [5.74, 6) is 0.704. The minimum atomic E-state index is -0.129. The van der Waals surface area contributed by atoms with Crippen molar-refractivity contribution in [1.29, 1.82) is 0 Å². The van der Waals surface area contributed by atoms with E-state index in [2.05, 4.69) is 12.2 Å². The van der Waals surface area contributed by atoms with Crippen LogP contribution in [0.3, 0.4) is 0 Å². The molecule has 4 heteroatoms.